The van der Waals surface area contributed by atoms with E-state index in [1.807, 2.05) is 0 Å². The smallest absolute Gasteiger partial charge is 0.264 e. The maximum atomic E-state index is 13.3. The molecule has 1 aromatic heterocycles. The number of rotatable bonds is 4. The molecule has 0 unspecified atom stereocenters. The van der Waals surface area contributed by atoms with Gasteiger partial charge in [-0.25, -0.2) is 4.39 Å². The molecule has 1 fully saturated rings. The summed E-state index contributed by atoms with van der Waals surface area (Å²) < 4.78 is 23.7. The van der Waals surface area contributed by atoms with Crippen molar-refractivity contribution in [3.8, 4) is 11.8 Å². The van der Waals surface area contributed by atoms with Gasteiger partial charge in [-0.05, 0) is 25.0 Å². The van der Waals surface area contributed by atoms with Crippen molar-refractivity contribution in [2.24, 2.45) is 0 Å². The van der Waals surface area contributed by atoms with Crippen LogP contribution in [0.15, 0.2) is 22.7 Å². The molecule has 19 heavy (non-hydrogen) atoms. The number of nitrogens with zero attached hydrogens (tertiary/aromatic N) is 3. The minimum atomic E-state index is -0.607. The predicted octanol–water partition coefficient (Wildman–Crippen LogP) is 2.54. The second-order valence-corrected chi connectivity index (χ2v) is 4.36. The monoisotopic (exact) mass is 259 g/mol. The van der Waals surface area contributed by atoms with Crippen molar-refractivity contribution in [3.63, 3.8) is 0 Å². The first-order valence-corrected chi connectivity index (χ1v) is 5.91. The van der Waals surface area contributed by atoms with Crippen LogP contribution in [0, 0.1) is 17.1 Å². The summed E-state index contributed by atoms with van der Waals surface area (Å²) in [7, 11) is 0. The number of benzene rings is 1. The number of hydrogen-bond acceptors (Lipinski definition) is 5. The van der Waals surface area contributed by atoms with Gasteiger partial charge in [0.1, 0.15) is 17.6 Å². The fourth-order valence-electron chi connectivity index (χ4n) is 1.66. The Morgan fingerprint density at radius 3 is 3.00 bits per heavy atom. The lowest BCUT2D eigenvalue weighted by atomic mass is 10.2. The van der Waals surface area contributed by atoms with E-state index in [1.54, 1.807) is 6.07 Å². The molecular weight excluding hydrogens is 249 g/mol. The summed E-state index contributed by atoms with van der Waals surface area (Å²) in [5.74, 6) is 1.22. The Morgan fingerprint density at radius 2 is 2.32 bits per heavy atom. The minimum absolute atomic E-state index is 0.0128. The Balaban J connectivity index is 1.64. The highest BCUT2D eigenvalue weighted by atomic mass is 19.1. The zero-order chi connectivity index (χ0) is 13.2. The molecule has 1 heterocycles. The number of nitriles is 1. The molecule has 1 aliphatic rings. The van der Waals surface area contributed by atoms with Crippen LogP contribution < -0.4 is 4.74 Å². The summed E-state index contributed by atoms with van der Waals surface area (Å²) in [5.41, 5.74) is -0.0128. The molecule has 2 aromatic rings. The lowest BCUT2D eigenvalue weighted by Gasteiger charge is -2.03. The summed E-state index contributed by atoms with van der Waals surface area (Å²) >= 11 is 0. The molecule has 1 saturated carbocycles. The zero-order valence-electron chi connectivity index (χ0n) is 9.97. The topological polar surface area (TPSA) is 71.9 Å². The Hall–Kier alpha value is -2.42. The third kappa shape index (κ3) is 2.55. The van der Waals surface area contributed by atoms with Crippen LogP contribution in [0.5, 0.6) is 5.75 Å². The van der Waals surface area contributed by atoms with Gasteiger partial charge in [-0.15, -0.1) is 0 Å². The Bertz CT molecular complexity index is 644. The van der Waals surface area contributed by atoms with Gasteiger partial charge in [0.2, 0.25) is 0 Å². The van der Waals surface area contributed by atoms with E-state index in [-0.39, 0.29) is 12.2 Å². The van der Waals surface area contributed by atoms with Crippen LogP contribution in [-0.4, -0.2) is 10.1 Å². The van der Waals surface area contributed by atoms with Gasteiger partial charge in [0, 0.05) is 12.0 Å². The molecule has 6 heteroatoms. The standard InChI is InChI=1S/C13H10FN3O2/c14-11-5-10(4-3-9(11)6-15)18-7-12-16-13(17-19-12)8-1-2-8/h3-5,8H,1-2,7H2. The summed E-state index contributed by atoms with van der Waals surface area (Å²) in [4.78, 5) is 4.19. The van der Waals surface area contributed by atoms with Crippen LogP contribution in [-0.2, 0) is 6.61 Å². The molecule has 5 nitrogen and oxygen atoms in total. The molecule has 0 spiro atoms. The van der Waals surface area contributed by atoms with Gasteiger partial charge >= 0.3 is 0 Å². The summed E-state index contributed by atoms with van der Waals surface area (Å²) in [6, 6.07) is 5.81. The highest BCUT2D eigenvalue weighted by Gasteiger charge is 2.28. The third-order valence-electron chi connectivity index (χ3n) is 2.85. The van der Waals surface area contributed by atoms with Gasteiger partial charge < -0.3 is 9.26 Å². The number of halogens is 1. The Morgan fingerprint density at radius 1 is 1.47 bits per heavy atom. The van der Waals surface area contributed by atoms with Crippen LogP contribution >= 0.6 is 0 Å². The van der Waals surface area contributed by atoms with Gasteiger partial charge in [0.05, 0.1) is 5.56 Å². The molecule has 0 bridgehead atoms. The van der Waals surface area contributed by atoms with Gasteiger partial charge in [-0.3, -0.25) is 0 Å². The van der Waals surface area contributed by atoms with E-state index in [0.717, 1.165) is 18.9 Å². The largest absolute Gasteiger partial charge is 0.484 e. The average Bonchev–Trinajstić information content (AvgIpc) is 3.16. The Labute approximate surface area is 108 Å². The molecular formula is C13H10FN3O2. The average molecular weight is 259 g/mol. The SMILES string of the molecule is N#Cc1ccc(OCc2nc(C3CC3)no2)cc1F. The third-order valence-corrected chi connectivity index (χ3v) is 2.85. The normalized spacial score (nSPS) is 14.1. The summed E-state index contributed by atoms with van der Waals surface area (Å²) in [5, 5.41) is 12.5. The van der Waals surface area contributed by atoms with Crippen LogP contribution in [0.25, 0.3) is 0 Å². The van der Waals surface area contributed by atoms with Gasteiger partial charge in [0.15, 0.2) is 12.4 Å². The van der Waals surface area contributed by atoms with Crippen molar-refractivity contribution >= 4 is 0 Å². The lowest BCUT2D eigenvalue weighted by molar-refractivity contribution is 0.241. The first-order valence-electron chi connectivity index (χ1n) is 5.91. The summed E-state index contributed by atoms with van der Waals surface area (Å²) in [6.45, 7) is 0.0884. The van der Waals surface area contributed by atoms with E-state index in [1.165, 1.54) is 12.1 Å². The van der Waals surface area contributed by atoms with Crippen molar-refractivity contribution in [1.29, 1.82) is 5.26 Å². The highest BCUT2D eigenvalue weighted by molar-refractivity contribution is 5.36. The Kier molecular flexibility index (Phi) is 2.88. The lowest BCUT2D eigenvalue weighted by Crippen LogP contribution is -1.97. The van der Waals surface area contributed by atoms with E-state index in [2.05, 4.69) is 10.1 Å². The zero-order valence-corrected chi connectivity index (χ0v) is 9.97. The predicted molar refractivity (Wildman–Crippen MR) is 61.7 cm³/mol. The van der Waals surface area contributed by atoms with E-state index in [9.17, 15) is 4.39 Å². The molecule has 0 N–H and O–H groups in total. The first kappa shape index (κ1) is 11.7. The van der Waals surface area contributed by atoms with E-state index in [0.29, 0.717) is 23.4 Å². The number of aromatic nitrogens is 2. The van der Waals surface area contributed by atoms with Crippen LogP contribution in [0.3, 0.4) is 0 Å². The van der Waals surface area contributed by atoms with Gasteiger partial charge in [-0.2, -0.15) is 10.2 Å². The molecule has 0 aliphatic heterocycles. The molecule has 1 aliphatic carbocycles. The quantitative estimate of drug-likeness (QED) is 0.843. The van der Waals surface area contributed by atoms with Crippen molar-refractivity contribution in [2.45, 2.75) is 25.4 Å². The van der Waals surface area contributed by atoms with Crippen molar-refractivity contribution in [1.82, 2.24) is 10.1 Å². The molecule has 0 saturated heterocycles. The van der Waals surface area contributed by atoms with Gasteiger partial charge in [0.25, 0.3) is 5.89 Å². The number of hydrogen-bond donors (Lipinski definition) is 0. The van der Waals surface area contributed by atoms with Crippen LogP contribution in [0.4, 0.5) is 4.39 Å². The molecule has 96 valence electrons. The second-order valence-electron chi connectivity index (χ2n) is 4.36. The molecule has 0 radical (unpaired) electrons. The van der Waals surface area contributed by atoms with E-state index in [4.69, 9.17) is 14.5 Å². The molecule has 1 aromatic carbocycles. The van der Waals surface area contributed by atoms with Crippen molar-refractivity contribution < 1.29 is 13.7 Å². The van der Waals surface area contributed by atoms with E-state index < -0.39 is 5.82 Å². The fourth-order valence-corrected chi connectivity index (χ4v) is 1.66. The molecule has 0 amide bonds. The van der Waals surface area contributed by atoms with Crippen molar-refractivity contribution in [2.75, 3.05) is 0 Å². The fraction of sp³-hybridized carbons (Fsp3) is 0.308. The summed E-state index contributed by atoms with van der Waals surface area (Å²) in [6.07, 6.45) is 2.20. The van der Waals surface area contributed by atoms with Gasteiger partial charge in [-0.1, -0.05) is 5.16 Å². The minimum Gasteiger partial charge on any atom is -0.484 e. The highest BCUT2D eigenvalue weighted by Crippen LogP contribution is 2.38. The maximum Gasteiger partial charge on any atom is 0.264 e. The van der Waals surface area contributed by atoms with E-state index >= 15 is 0 Å². The first-order chi connectivity index (χ1) is 9.26. The number of ether oxygens (including phenoxy) is 1. The van der Waals surface area contributed by atoms with Crippen molar-refractivity contribution in [3.05, 3.63) is 41.3 Å². The van der Waals surface area contributed by atoms with Crippen LogP contribution in [0.2, 0.25) is 0 Å². The second kappa shape index (κ2) is 4.69. The molecule has 0 atom stereocenters. The van der Waals surface area contributed by atoms with Crippen LogP contribution in [0.1, 0.15) is 36.0 Å². The molecule has 3 rings (SSSR count). The maximum absolute atomic E-state index is 13.3.